The van der Waals surface area contributed by atoms with Crippen molar-refractivity contribution in [2.45, 2.75) is 31.2 Å². The summed E-state index contributed by atoms with van der Waals surface area (Å²) in [6.45, 7) is 4.76. The first kappa shape index (κ1) is 17.6. The average molecular weight is 309 g/mol. The molecule has 0 aliphatic heterocycles. The summed E-state index contributed by atoms with van der Waals surface area (Å²) in [7, 11) is 0.218. The maximum atomic E-state index is 12.4. The highest BCUT2D eigenvalue weighted by Gasteiger charge is 2.21. The number of benzene rings is 1. The van der Waals surface area contributed by atoms with Gasteiger partial charge in [-0.05, 0) is 44.6 Å². The largest absolute Gasteiger partial charge is 0.308 e. The fourth-order valence-corrected chi connectivity index (χ4v) is 3.48. The van der Waals surface area contributed by atoms with Crippen molar-refractivity contribution in [2.24, 2.45) is 5.92 Å². The first-order chi connectivity index (χ1) is 9.74. The summed E-state index contributed by atoms with van der Waals surface area (Å²) in [5, 5.41) is 8.88. The second-order valence-electron chi connectivity index (χ2n) is 5.85. The van der Waals surface area contributed by atoms with Gasteiger partial charge in [-0.2, -0.15) is 5.26 Å². The van der Waals surface area contributed by atoms with Gasteiger partial charge < -0.3 is 4.90 Å². The van der Waals surface area contributed by atoms with Crippen molar-refractivity contribution in [3.8, 4) is 6.07 Å². The third kappa shape index (κ3) is 5.84. The molecule has 0 aromatic heterocycles. The van der Waals surface area contributed by atoms with Crippen molar-refractivity contribution < 1.29 is 8.42 Å². The number of hydrogen-bond acceptors (Lipinski definition) is 4. The van der Waals surface area contributed by atoms with Gasteiger partial charge >= 0.3 is 0 Å². The number of nitrogens with one attached hydrogen (secondary N) is 1. The van der Waals surface area contributed by atoms with E-state index in [1.807, 2.05) is 25.1 Å². The molecular formula is C15H23N3O2S. The molecule has 21 heavy (non-hydrogen) atoms. The molecule has 0 aliphatic rings. The van der Waals surface area contributed by atoms with E-state index in [0.717, 1.165) is 6.42 Å². The molecule has 5 nitrogen and oxygen atoms in total. The standard InChI is InChI=1S/C15H23N3O2S/c1-12(2)8-14(11-18(3)4)17-21(19,20)15-7-5-6-13(9-15)10-16/h5-7,9,12,14,17H,8,11H2,1-4H3. The lowest BCUT2D eigenvalue weighted by molar-refractivity contribution is 0.329. The van der Waals surface area contributed by atoms with Gasteiger partial charge in [-0.3, -0.25) is 0 Å². The predicted octanol–water partition coefficient (Wildman–Crippen LogP) is 1.81. The van der Waals surface area contributed by atoms with Crippen molar-refractivity contribution >= 4 is 10.0 Å². The maximum Gasteiger partial charge on any atom is 0.240 e. The first-order valence-corrected chi connectivity index (χ1v) is 8.40. The topological polar surface area (TPSA) is 73.2 Å². The molecule has 0 spiro atoms. The lowest BCUT2D eigenvalue weighted by Crippen LogP contribution is -2.42. The minimum atomic E-state index is -3.61. The maximum absolute atomic E-state index is 12.4. The lowest BCUT2D eigenvalue weighted by Gasteiger charge is -2.23. The van der Waals surface area contributed by atoms with E-state index in [1.165, 1.54) is 12.1 Å². The normalized spacial score (nSPS) is 13.4. The Morgan fingerprint density at radius 2 is 2.00 bits per heavy atom. The van der Waals surface area contributed by atoms with Gasteiger partial charge in [-0.15, -0.1) is 0 Å². The molecule has 0 fully saturated rings. The smallest absolute Gasteiger partial charge is 0.240 e. The number of likely N-dealkylation sites (N-methyl/N-ethyl adjacent to an activating group) is 1. The molecule has 1 unspecified atom stereocenters. The fraction of sp³-hybridized carbons (Fsp3) is 0.533. The Morgan fingerprint density at radius 1 is 1.33 bits per heavy atom. The Morgan fingerprint density at radius 3 is 2.52 bits per heavy atom. The van der Waals surface area contributed by atoms with Gasteiger partial charge in [-0.25, -0.2) is 13.1 Å². The zero-order chi connectivity index (χ0) is 16.0. The molecule has 1 aromatic rings. The zero-order valence-corrected chi connectivity index (χ0v) is 13.8. The summed E-state index contributed by atoms with van der Waals surface area (Å²) >= 11 is 0. The molecule has 1 aromatic carbocycles. The van der Waals surface area contributed by atoms with Gasteiger partial charge in [0.1, 0.15) is 0 Å². The number of nitriles is 1. The highest BCUT2D eigenvalue weighted by atomic mass is 32.2. The van der Waals surface area contributed by atoms with E-state index in [9.17, 15) is 8.42 Å². The van der Waals surface area contributed by atoms with Gasteiger partial charge in [0.25, 0.3) is 0 Å². The van der Waals surface area contributed by atoms with Crippen LogP contribution in [0.4, 0.5) is 0 Å². The Bertz CT molecular complexity index is 594. The summed E-state index contributed by atoms with van der Waals surface area (Å²) in [5.41, 5.74) is 0.339. The van der Waals surface area contributed by atoms with Crippen molar-refractivity contribution in [2.75, 3.05) is 20.6 Å². The van der Waals surface area contributed by atoms with E-state index >= 15 is 0 Å². The Kier molecular flexibility index (Phi) is 6.34. The third-order valence-corrected chi connectivity index (χ3v) is 4.45. The summed E-state index contributed by atoms with van der Waals surface area (Å²) in [4.78, 5) is 2.09. The summed E-state index contributed by atoms with van der Waals surface area (Å²) in [5.74, 6) is 0.392. The lowest BCUT2D eigenvalue weighted by atomic mass is 10.0. The monoisotopic (exact) mass is 309 g/mol. The molecule has 6 heteroatoms. The van der Waals surface area contributed by atoms with Crippen LogP contribution < -0.4 is 4.72 Å². The molecule has 0 saturated carbocycles. The van der Waals surface area contributed by atoms with Gasteiger partial charge in [-0.1, -0.05) is 19.9 Å². The molecule has 0 saturated heterocycles. The molecule has 1 N–H and O–H groups in total. The number of hydrogen-bond donors (Lipinski definition) is 1. The van der Waals surface area contributed by atoms with E-state index < -0.39 is 10.0 Å². The van der Waals surface area contributed by atoms with E-state index in [0.29, 0.717) is 18.0 Å². The van der Waals surface area contributed by atoms with Crippen LogP contribution in [0.5, 0.6) is 0 Å². The Hall–Kier alpha value is -1.42. The first-order valence-electron chi connectivity index (χ1n) is 6.92. The SMILES string of the molecule is CC(C)CC(CN(C)C)NS(=O)(=O)c1cccc(C#N)c1. The van der Waals surface area contributed by atoms with Gasteiger partial charge in [0.15, 0.2) is 0 Å². The molecular weight excluding hydrogens is 286 g/mol. The van der Waals surface area contributed by atoms with E-state index in [-0.39, 0.29) is 10.9 Å². The summed E-state index contributed by atoms with van der Waals surface area (Å²) in [6.07, 6.45) is 0.759. The average Bonchev–Trinajstić information content (AvgIpc) is 2.36. The van der Waals surface area contributed by atoms with Gasteiger partial charge in [0.05, 0.1) is 16.5 Å². The predicted molar refractivity (Wildman–Crippen MR) is 83.3 cm³/mol. The van der Waals surface area contributed by atoms with Crippen molar-refractivity contribution in [1.82, 2.24) is 9.62 Å². The van der Waals surface area contributed by atoms with Gasteiger partial charge in [0.2, 0.25) is 10.0 Å². The number of rotatable bonds is 7. The van der Waals surface area contributed by atoms with E-state index in [4.69, 9.17) is 5.26 Å². The van der Waals surface area contributed by atoms with E-state index in [1.54, 1.807) is 12.1 Å². The van der Waals surface area contributed by atoms with E-state index in [2.05, 4.69) is 18.6 Å². The molecule has 116 valence electrons. The molecule has 0 heterocycles. The number of nitrogens with zero attached hydrogens (tertiary/aromatic N) is 2. The molecule has 0 bridgehead atoms. The van der Waals surface area contributed by atoms with Crippen LogP contribution in [0, 0.1) is 17.2 Å². The van der Waals surface area contributed by atoms with Crippen molar-refractivity contribution in [1.29, 1.82) is 5.26 Å². The molecule has 0 aliphatic carbocycles. The second-order valence-corrected chi connectivity index (χ2v) is 7.56. The summed E-state index contributed by atoms with van der Waals surface area (Å²) < 4.78 is 27.6. The Labute approximate surface area is 127 Å². The van der Waals surface area contributed by atoms with Crippen LogP contribution in [0.2, 0.25) is 0 Å². The molecule has 0 amide bonds. The van der Waals surface area contributed by atoms with Crippen LogP contribution in [0.3, 0.4) is 0 Å². The van der Waals surface area contributed by atoms with Gasteiger partial charge in [0, 0.05) is 12.6 Å². The van der Waals surface area contributed by atoms with Crippen molar-refractivity contribution in [3.63, 3.8) is 0 Å². The molecule has 1 rings (SSSR count). The van der Waals surface area contributed by atoms with Crippen molar-refractivity contribution in [3.05, 3.63) is 29.8 Å². The summed E-state index contributed by atoms with van der Waals surface area (Å²) in [6, 6.07) is 7.87. The number of sulfonamides is 1. The minimum Gasteiger partial charge on any atom is -0.308 e. The molecule has 1 atom stereocenters. The van der Waals surface area contributed by atoms with Crippen LogP contribution in [-0.2, 0) is 10.0 Å². The minimum absolute atomic E-state index is 0.133. The van der Waals surface area contributed by atoms with Crippen LogP contribution in [0.25, 0.3) is 0 Å². The molecule has 0 radical (unpaired) electrons. The Balaban J connectivity index is 2.96. The highest BCUT2D eigenvalue weighted by Crippen LogP contribution is 2.14. The second kappa shape index (κ2) is 7.55. The zero-order valence-electron chi connectivity index (χ0n) is 13.0. The van der Waals surface area contributed by atoms with Crippen LogP contribution in [-0.4, -0.2) is 40.0 Å². The highest BCUT2D eigenvalue weighted by molar-refractivity contribution is 7.89. The quantitative estimate of drug-likeness (QED) is 0.833. The van der Waals surface area contributed by atoms with Crippen LogP contribution in [0.15, 0.2) is 29.2 Å². The third-order valence-electron chi connectivity index (χ3n) is 2.94. The fourth-order valence-electron chi connectivity index (χ4n) is 2.19. The van der Waals surface area contributed by atoms with Crippen LogP contribution in [0.1, 0.15) is 25.8 Å². The van der Waals surface area contributed by atoms with Crippen LogP contribution >= 0.6 is 0 Å².